The summed E-state index contributed by atoms with van der Waals surface area (Å²) < 4.78 is 29.2. The molecule has 0 fully saturated rings. The first-order valence-electron chi connectivity index (χ1n) is 5.59. The minimum atomic E-state index is -3.82. The SMILES string of the molecule is CCCCCC(O)CCCCS(=O)(=O)O. The number of aliphatic hydroxyl groups excluding tert-OH is 1. The van der Waals surface area contributed by atoms with Gasteiger partial charge in [0.05, 0.1) is 11.9 Å². The van der Waals surface area contributed by atoms with E-state index in [2.05, 4.69) is 6.92 Å². The molecule has 0 aliphatic rings. The fraction of sp³-hybridized carbons (Fsp3) is 1.00. The molecule has 0 saturated carbocycles. The Morgan fingerprint density at radius 2 is 1.60 bits per heavy atom. The van der Waals surface area contributed by atoms with Gasteiger partial charge in [-0.2, -0.15) is 8.42 Å². The van der Waals surface area contributed by atoms with Crippen LogP contribution in [0.25, 0.3) is 0 Å². The lowest BCUT2D eigenvalue weighted by Gasteiger charge is -2.09. The van der Waals surface area contributed by atoms with Gasteiger partial charge in [-0.25, -0.2) is 0 Å². The molecule has 15 heavy (non-hydrogen) atoms. The third kappa shape index (κ3) is 11.8. The predicted molar refractivity (Wildman–Crippen MR) is 60.4 cm³/mol. The molecule has 1 atom stereocenters. The van der Waals surface area contributed by atoms with Crippen molar-refractivity contribution in [3.05, 3.63) is 0 Å². The van der Waals surface area contributed by atoms with Gasteiger partial charge in [0.1, 0.15) is 0 Å². The van der Waals surface area contributed by atoms with Gasteiger partial charge in [0, 0.05) is 0 Å². The quantitative estimate of drug-likeness (QED) is 0.476. The van der Waals surface area contributed by atoms with Crippen molar-refractivity contribution in [2.75, 3.05) is 5.75 Å². The number of unbranched alkanes of at least 4 members (excludes halogenated alkanes) is 3. The zero-order valence-corrected chi connectivity index (χ0v) is 10.2. The van der Waals surface area contributed by atoms with E-state index < -0.39 is 10.1 Å². The number of hydrogen-bond acceptors (Lipinski definition) is 3. The van der Waals surface area contributed by atoms with E-state index in [9.17, 15) is 13.5 Å². The Morgan fingerprint density at radius 1 is 1.07 bits per heavy atom. The van der Waals surface area contributed by atoms with Crippen molar-refractivity contribution >= 4 is 10.1 Å². The van der Waals surface area contributed by atoms with Crippen molar-refractivity contribution in [2.45, 2.75) is 58.0 Å². The molecule has 1 unspecified atom stereocenters. The Balaban J connectivity index is 3.35. The summed E-state index contributed by atoms with van der Waals surface area (Å²) in [6, 6.07) is 0. The van der Waals surface area contributed by atoms with Crippen molar-refractivity contribution in [1.29, 1.82) is 0 Å². The monoisotopic (exact) mass is 238 g/mol. The van der Waals surface area contributed by atoms with Crippen LogP contribution in [0.3, 0.4) is 0 Å². The van der Waals surface area contributed by atoms with Crippen molar-refractivity contribution in [2.24, 2.45) is 0 Å². The first kappa shape index (κ1) is 14.9. The van der Waals surface area contributed by atoms with Gasteiger partial charge < -0.3 is 5.11 Å². The Hall–Kier alpha value is -0.130. The molecule has 0 amide bonds. The smallest absolute Gasteiger partial charge is 0.264 e. The number of aliphatic hydroxyl groups is 1. The number of rotatable bonds is 9. The largest absolute Gasteiger partial charge is 0.393 e. The summed E-state index contributed by atoms with van der Waals surface area (Å²) in [7, 11) is -3.82. The van der Waals surface area contributed by atoms with E-state index in [0.29, 0.717) is 19.3 Å². The van der Waals surface area contributed by atoms with Gasteiger partial charge in [-0.3, -0.25) is 4.55 Å². The molecule has 4 nitrogen and oxygen atoms in total. The van der Waals surface area contributed by atoms with Crippen LogP contribution in [0.15, 0.2) is 0 Å². The summed E-state index contributed by atoms with van der Waals surface area (Å²) in [6.07, 6.45) is 5.45. The summed E-state index contributed by atoms with van der Waals surface area (Å²) in [4.78, 5) is 0. The van der Waals surface area contributed by atoms with E-state index in [-0.39, 0.29) is 11.9 Å². The molecule has 0 bridgehead atoms. The Labute approximate surface area is 92.4 Å². The van der Waals surface area contributed by atoms with E-state index in [4.69, 9.17) is 4.55 Å². The van der Waals surface area contributed by atoms with Gasteiger partial charge in [0.25, 0.3) is 10.1 Å². The molecule has 92 valence electrons. The Kier molecular flexibility index (Phi) is 8.00. The third-order valence-corrected chi connectivity index (χ3v) is 3.14. The van der Waals surface area contributed by atoms with Crippen LogP contribution in [-0.4, -0.2) is 29.9 Å². The Bertz CT molecular complexity index is 236. The van der Waals surface area contributed by atoms with Crippen LogP contribution in [0.1, 0.15) is 51.9 Å². The van der Waals surface area contributed by atoms with Gasteiger partial charge in [0.2, 0.25) is 0 Å². The molecule has 0 aromatic heterocycles. The van der Waals surface area contributed by atoms with Gasteiger partial charge in [0.15, 0.2) is 0 Å². The van der Waals surface area contributed by atoms with E-state index in [0.717, 1.165) is 25.7 Å². The molecule has 0 heterocycles. The Morgan fingerprint density at radius 3 is 2.07 bits per heavy atom. The fourth-order valence-corrected chi connectivity index (χ4v) is 2.01. The normalized spacial score (nSPS) is 14.1. The van der Waals surface area contributed by atoms with Crippen LogP contribution in [0, 0.1) is 0 Å². The standard InChI is InChI=1S/C10H22O4S/c1-2-3-4-7-10(11)8-5-6-9-15(12,13)14/h10-11H,2-9H2,1H3,(H,12,13,14). The molecule has 0 saturated heterocycles. The summed E-state index contributed by atoms with van der Waals surface area (Å²) in [5.41, 5.74) is 0. The minimum absolute atomic E-state index is 0.200. The van der Waals surface area contributed by atoms with Crippen LogP contribution < -0.4 is 0 Å². The first-order chi connectivity index (χ1) is 6.95. The third-order valence-electron chi connectivity index (χ3n) is 2.33. The van der Waals surface area contributed by atoms with Crippen LogP contribution in [0.5, 0.6) is 0 Å². The lowest BCUT2D eigenvalue weighted by Crippen LogP contribution is -2.08. The van der Waals surface area contributed by atoms with E-state index in [1.807, 2.05) is 0 Å². The van der Waals surface area contributed by atoms with Gasteiger partial charge in [-0.15, -0.1) is 0 Å². The molecule has 0 spiro atoms. The summed E-state index contributed by atoms with van der Waals surface area (Å²) in [6.45, 7) is 2.11. The molecular weight excluding hydrogens is 216 g/mol. The first-order valence-corrected chi connectivity index (χ1v) is 7.20. The average molecular weight is 238 g/mol. The summed E-state index contributed by atoms with van der Waals surface area (Å²) in [5, 5.41) is 9.49. The second-order valence-electron chi connectivity index (χ2n) is 3.93. The topological polar surface area (TPSA) is 74.6 Å². The van der Waals surface area contributed by atoms with E-state index >= 15 is 0 Å². The molecule has 0 radical (unpaired) electrons. The molecule has 0 rings (SSSR count). The number of hydrogen-bond donors (Lipinski definition) is 2. The van der Waals surface area contributed by atoms with Crippen LogP contribution in [-0.2, 0) is 10.1 Å². The summed E-state index contributed by atoms with van der Waals surface area (Å²) in [5.74, 6) is -0.200. The highest BCUT2D eigenvalue weighted by Crippen LogP contribution is 2.09. The molecule has 0 aliphatic heterocycles. The summed E-state index contributed by atoms with van der Waals surface area (Å²) >= 11 is 0. The van der Waals surface area contributed by atoms with E-state index in [1.54, 1.807) is 0 Å². The van der Waals surface area contributed by atoms with Gasteiger partial charge in [-0.05, 0) is 25.7 Å². The van der Waals surface area contributed by atoms with Crippen LogP contribution in [0.2, 0.25) is 0 Å². The van der Waals surface area contributed by atoms with Crippen molar-refractivity contribution in [3.8, 4) is 0 Å². The highest BCUT2D eigenvalue weighted by atomic mass is 32.2. The lowest BCUT2D eigenvalue weighted by molar-refractivity contribution is 0.148. The minimum Gasteiger partial charge on any atom is -0.393 e. The van der Waals surface area contributed by atoms with Gasteiger partial charge >= 0.3 is 0 Å². The molecule has 5 heteroatoms. The maximum Gasteiger partial charge on any atom is 0.264 e. The molecule has 0 aromatic carbocycles. The second-order valence-corrected chi connectivity index (χ2v) is 5.50. The van der Waals surface area contributed by atoms with Crippen molar-refractivity contribution in [3.63, 3.8) is 0 Å². The van der Waals surface area contributed by atoms with Crippen molar-refractivity contribution in [1.82, 2.24) is 0 Å². The molecular formula is C10H22O4S. The highest BCUT2D eigenvalue weighted by molar-refractivity contribution is 7.85. The van der Waals surface area contributed by atoms with Gasteiger partial charge in [-0.1, -0.05) is 26.2 Å². The average Bonchev–Trinajstić information content (AvgIpc) is 2.11. The fourth-order valence-electron chi connectivity index (χ4n) is 1.44. The molecule has 0 aliphatic carbocycles. The van der Waals surface area contributed by atoms with Crippen LogP contribution in [0.4, 0.5) is 0 Å². The van der Waals surface area contributed by atoms with Crippen molar-refractivity contribution < 1.29 is 18.1 Å². The second kappa shape index (κ2) is 8.07. The zero-order chi connectivity index (χ0) is 11.7. The molecule has 0 aromatic rings. The van der Waals surface area contributed by atoms with E-state index in [1.165, 1.54) is 0 Å². The predicted octanol–water partition coefficient (Wildman–Crippen LogP) is 1.99. The molecule has 2 N–H and O–H groups in total. The van der Waals surface area contributed by atoms with Crippen LogP contribution >= 0.6 is 0 Å². The maximum atomic E-state index is 10.4. The lowest BCUT2D eigenvalue weighted by atomic mass is 10.1. The zero-order valence-electron chi connectivity index (χ0n) is 9.35. The highest BCUT2D eigenvalue weighted by Gasteiger charge is 2.06. The maximum absolute atomic E-state index is 10.4.